The Morgan fingerprint density at radius 3 is 3.14 bits per heavy atom. The molecule has 0 aliphatic carbocycles. The maximum absolute atomic E-state index is 12.4. The summed E-state index contributed by atoms with van der Waals surface area (Å²) in [5.41, 5.74) is 1.26. The van der Waals surface area contributed by atoms with Gasteiger partial charge in [0.05, 0.1) is 0 Å². The third kappa shape index (κ3) is 3.01. The molecular formula is C16H20N4O2. The summed E-state index contributed by atoms with van der Waals surface area (Å²) in [5, 5.41) is 6.13. The first-order chi connectivity index (χ1) is 10.6. The summed E-state index contributed by atoms with van der Waals surface area (Å²) in [6.07, 6.45) is 5.14. The number of nitrogens with zero attached hydrogens (tertiary/aromatic N) is 2. The van der Waals surface area contributed by atoms with Crippen molar-refractivity contribution >= 4 is 11.6 Å². The van der Waals surface area contributed by atoms with E-state index >= 15 is 0 Å². The predicted octanol–water partition coefficient (Wildman–Crippen LogP) is 0.732. The van der Waals surface area contributed by atoms with E-state index in [1.54, 1.807) is 12.3 Å². The Hall–Kier alpha value is -2.21. The fourth-order valence-electron chi connectivity index (χ4n) is 2.78. The molecule has 1 aliphatic rings. The maximum atomic E-state index is 12.4. The molecule has 0 bridgehead atoms. The largest absolute Gasteiger partial charge is 0.352 e. The van der Waals surface area contributed by atoms with E-state index in [2.05, 4.69) is 15.6 Å². The van der Waals surface area contributed by atoms with E-state index in [1.165, 1.54) is 10.6 Å². The van der Waals surface area contributed by atoms with Crippen LogP contribution in [0, 0.1) is 12.8 Å². The topological polar surface area (TPSA) is 75.5 Å². The van der Waals surface area contributed by atoms with Gasteiger partial charge in [-0.3, -0.25) is 14.0 Å². The van der Waals surface area contributed by atoms with Gasteiger partial charge >= 0.3 is 0 Å². The van der Waals surface area contributed by atoms with Crippen LogP contribution in [0.3, 0.4) is 0 Å². The van der Waals surface area contributed by atoms with E-state index in [1.807, 2.05) is 13.0 Å². The first-order valence-electron chi connectivity index (χ1n) is 7.62. The fraction of sp³-hybridized carbons (Fsp3) is 0.438. The molecule has 1 aliphatic heterocycles. The zero-order valence-electron chi connectivity index (χ0n) is 12.6. The second kappa shape index (κ2) is 6.27. The number of carbonyl (C=O) groups is 1. The standard InChI is InChI=1S/C16H20N4O2/c1-11-2-3-14-19-9-13(16(22)20(14)10-11)15(21)18-7-5-12-4-6-17-8-12/h2-3,9-10,12,17H,4-8H2,1H3,(H,18,21). The summed E-state index contributed by atoms with van der Waals surface area (Å²) in [4.78, 5) is 28.8. The van der Waals surface area contributed by atoms with Crippen LogP contribution in [-0.4, -0.2) is 34.9 Å². The van der Waals surface area contributed by atoms with E-state index in [4.69, 9.17) is 0 Å². The molecule has 6 nitrogen and oxygen atoms in total. The molecule has 0 saturated carbocycles. The minimum absolute atomic E-state index is 0.0904. The summed E-state index contributed by atoms with van der Waals surface area (Å²) >= 11 is 0. The molecule has 1 unspecified atom stereocenters. The van der Waals surface area contributed by atoms with Crippen molar-refractivity contribution < 1.29 is 4.79 Å². The number of aryl methyl sites for hydroxylation is 1. The van der Waals surface area contributed by atoms with Crippen molar-refractivity contribution in [3.63, 3.8) is 0 Å². The van der Waals surface area contributed by atoms with Crippen LogP contribution in [0.1, 0.15) is 28.8 Å². The van der Waals surface area contributed by atoms with Gasteiger partial charge in [-0.05, 0) is 50.4 Å². The molecule has 116 valence electrons. The molecule has 0 spiro atoms. The van der Waals surface area contributed by atoms with Crippen molar-refractivity contribution in [2.75, 3.05) is 19.6 Å². The monoisotopic (exact) mass is 300 g/mol. The molecule has 1 amide bonds. The zero-order chi connectivity index (χ0) is 15.5. The van der Waals surface area contributed by atoms with Crippen molar-refractivity contribution in [2.45, 2.75) is 19.8 Å². The molecule has 3 heterocycles. The molecule has 1 atom stereocenters. The second-order valence-electron chi connectivity index (χ2n) is 5.82. The quantitative estimate of drug-likeness (QED) is 0.873. The maximum Gasteiger partial charge on any atom is 0.270 e. The van der Waals surface area contributed by atoms with Gasteiger partial charge in [0.1, 0.15) is 11.2 Å². The Morgan fingerprint density at radius 2 is 2.36 bits per heavy atom. The number of hydrogen-bond acceptors (Lipinski definition) is 4. The number of rotatable bonds is 4. The van der Waals surface area contributed by atoms with Gasteiger partial charge in [0.15, 0.2) is 0 Å². The minimum Gasteiger partial charge on any atom is -0.352 e. The predicted molar refractivity (Wildman–Crippen MR) is 84.1 cm³/mol. The molecule has 2 aromatic heterocycles. The van der Waals surface area contributed by atoms with E-state index in [-0.39, 0.29) is 17.0 Å². The fourth-order valence-corrected chi connectivity index (χ4v) is 2.78. The third-order valence-corrected chi connectivity index (χ3v) is 4.10. The Kier molecular flexibility index (Phi) is 4.20. The summed E-state index contributed by atoms with van der Waals surface area (Å²) in [6, 6.07) is 3.66. The second-order valence-corrected chi connectivity index (χ2v) is 5.82. The lowest BCUT2D eigenvalue weighted by molar-refractivity contribution is 0.0949. The minimum atomic E-state index is -0.348. The van der Waals surface area contributed by atoms with Crippen molar-refractivity contribution in [3.8, 4) is 0 Å². The number of amides is 1. The Bertz CT molecular complexity index is 747. The highest BCUT2D eigenvalue weighted by molar-refractivity contribution is 5.93. The van der Waals surface area contributed by atoms with Crippen molar-refractivity contribution in [1.82, 2.24) is 20.0 Å². The molecule has 0 aromatic carbocycles. The highest BCUT2D eigenvalue weighted by Gasteiger charge is 2.16. The zero-order valence-corrected chi connectivity index (χ0v) is 12.6. The van der Waals surface area contributed by atoms with Gasteiger partial charge in [0.2, 0.25) is 0 Å². The highest BCUT2D eigenvalue weighted by Crippen LogP contribution is 2.10. The molecule has 1 fully saturated rings. The molecule has 3 rings (SSSR count). The van der Waals surface area contributed by atoms with Gasteiger partial charge in [-0.25, -0.2) is 4.98 Å². The smallest absolute Gasteiger partial charge is 0.270 e. The Labute approximate surface area is 128 Å². The van der Waals surface area contributed by atoms with Gasteiger partial charge in [-0.2, -0.15) is 0 Å². The molecular weight excluding hydrogens is 280 g/mol. The van der Waals surface area contributed by atoms with Gasteiger partial charge in [-0.1, -0.05) is 6.07 Å². The van der Waals surface area contributed by atoms with Crippen LogP contribution in [0.4, 0.5) is 0 Å². The molecule has 0 radical (unpaired) electrons. The van der Waals surface area contributed by atoms with Crippen molar-refractivity contribution in [1.29, 1.82) is 0 Å². The van der Waals surface area contributed by atoms with Gasteiger partial charge in [-0.15, -0.1) is 0 Å². The molecule has 2 N–H and O–H groups in total. The number of carbonyl (C=O) groups excluding carboxylic acids is 1. The molecule has 6 heteroatoms. The van der Waals surface area contributed by atoms with E-state index < -0.39 is 0 Å². The lowest BCUT2D eigenvalue weighted by atomic mass is 10.1. The lowest BCUT2D eigenvalue weighted by Gasteiger charge is -2.09. The number of aromatic nitrogens is 2. The van der Waals surface area contributed by atoms with Crippen molar-refractivity contribution in [3.05, 3.63) is 46.0 Å². The average molecular weight is 300 g/mol. The van der Waals surface area contributed by atoms with E-state index in [9.17, 15) is 9.59 Å². The summed E-state index contributed by atoms with van der Waals surface area (Å²) < 4.78 is 1.42. The molecule has 1 saturated heterocycles. The van der Waals surface area contributed by atoms with Crippen LogP contribution < -0.4 is 16.2 Å². The number of pyridine rings is 1. The third-order valence-electron chi connectivity index (χ3n) is 4.10. The summed E-state index contributed by atoms with van der Waals surface area (Å²) in [7, 11) is 0. The Morgan fingerprint density at radius 1 is 1.50 bits per heavy atom. The van der Waals surface area contributed by atoms with Gasteiger partial charge in [0.25, 0.3) is 11.5 Å². The molecule has 2 aromatic rings. The molecule has 22 heavy (non-hydrogen) atoms. The lowest BCUT2D eigenvalue weighted by Crippen LogP contribution is -2.33. The average Bonchev–Trinajstić information content (AvgIpc) is 3.01. The van der Waals surface area contributed by atoms with Crippen LogP contribution in [-0.2, 0) is 0 Å². The summed E-state index contributed by atoms with van der Waals surface area (Å²) in [6.45, 7) is 4.54. The van der Waals surface area contributed by atoms with Crippen LogP contribution in [0.2, 0.25) is 0 Å². The van der Waals surface area contributed by atoms with Crippen LogP contribution in [0.25, 0.3) is 5.65 Å². The number of fused-ring (bicyclic) bond motifs is 1. The van der Waals surface area contributed by atoms with Crippen LogP contribution in [0.5, 0.6) is 0 Å². The first kappa shape index (κ1) is 14.7. The van der Waals surface area contributed by atoms with E-state index in [0.29, 0.717) is 18.1 Å². The normalized spacial score (nSPS) is 17.8. The van der Waals surface area contributed by atoms with E-state index in [0.717, 1.165) is 31.5 Å². The van der Waals surface area contributed by atoms with Gasteiger partial charge < -0.3 is 10.6 Å². The SMILES string of the molecule is Cc1ccc2ncc(C(=O)NCCC3CCNC3)c(=O)n2c1. The van der Waals surface area contributed by atoms with Crippen LogP contribution >= 0.6 is 0 Å². The summed E-state index contributed by atoms with van der Waals surface area (Å²) in [5.74, 6) is 0.262. The Balaban J connectivity index is 1.73. The highest BCUT2D eigenvalue weighted by atomic mass is 16.2. The number of hydrogen-bond donors (Lipinski definition) is 2. The van der Waals surface area contributed by atoms with Gasteiger partial charge in [0, 0.05) is 18.9 Å². The van der Waals surface area contributed by atoms with Crippen molar-refractivity contribution in [2.24, 2.45) is 5.92 Å². The first-order valence-corrected chi connectivity index (χ1v) is 7.62. The number of nitrogens with one attached hydrogen (secondary N) is 2. The van der Waals surface area contributed by atoms with Crippen LogP contribution in [0.15, 0.2) is 29.3 Å².